The second-order valence-electron chi connectivity index (χ2n) is 12.5. The van der Waals surface area contributed by atoms with Gasteiger partial charge in [-0.3, -0.25) is 4.79 Å². The lowest BCUT2D eigenvalue weighted by Gasteiger charge is -2.40. The predicted octanol–water partition coefficient (Wildman–Crippen LogP) is 2.65. The van der Waals surface area contributed by atoms with Crippen LogP contribution in [0.25, 0.3) is 0 Å². The smallest absolute Gasteiger partial charge is 0.444 e. The Hall–Kier alpha value is -2.40. The molecule has 3 fully saturated rings. The van der Waals surface area contributed by atoms with Crippen LogP contribution in [0.4, 0.5) is 10.7 Å². The highest BCUT2D eigenvalue weighted by atomic mass is 16.7. The van der Waals surface area contributed by atoms with Crippen LogP contribution >= 0.6 is 0 Å². The number of rotatable bonds is 6. The minimum atomic E-state index is -0.668. The van der Waals surface area contributed by atoms with Gasteiger partial charge in [0.15, 0.2) is 0 Å². The Balaban J connectivity index is 1.41. The van der Waals surface area contributed by atoms with Crippen LogP contribution in [-0.4, -0.2) is 82.0 Å². The second kappa shape index (κ2) is 10.1. The van der Waals surface area contributed by atoms with Gasteiger partial charge < -0.3 is 29.2 Å². The van der Waals surface area contributed by atoms with Gasteiger partial charge in [-0.25, -0.2) is 14.8 Å². The maximum atomic E-state index is 13.2. The number of piperidine rings is 1. The van der Waals surface area contributed by atoms with Crippen molar-refractivity contribution in [3.8, 4) is 0 Å². The molecule has 1 aromatic heterocycles. The summed E-state index contributed by atoms with van der Waals surface area (Å²) in [6.07, 6.45) is 7.00. The SMILES string of the molecule is C[C@H](NC(=O)OC(C)(C)C)C(=O)N1CCC[C@H](N(c2ncc(B3OC(C)(C)C(C)(C)O3)cn2)C2CC2)C1. The summed E-state index contributed by atoms with van der Waals surface area (Å²) >= 11 is 0. The molecule has 1 aliphatic carbocycles. The highest BCUT2D eigenvalue weighted by Crippen LogP contribution is 2.37. The fourth-order valence-electron chi connectivity index (χ4n) is 4.74. The number of alkyl carbamates (subject to hydrolysis) is 1. The molecular formula is C26H42BN5O5. The molecule has 2 aliphatic heterocycles. The first-order valence-corrected chi connectivity index (χ1v) is 13.4. The molecule has 1 N–H and O–H groups in total. The Kier molecular flexibility index (Phi) is 7.51. The van der Waals surface area contributed by atoms with Crippen molar-refractivity contribution >= 4 is 30.5 Å². The minimum Gasteiger partial charge on any atom is -0.444 e. The molecule has 2 saturated heterocycles. The van der Waals surface area contributed by atoms with Crippen LogP contribution in [0.5, 0.6) is 0 Å². The average Bonchev–Trinajstić information content (AvgIpc) is 3.59. The third kappa shape index (κ3) is 6.37. The van der Waals surface area contributed by atoms with Crippen molar-refractivity contribution in [2.75, 3.05) is 18.0 Å². The summed E-state index contributed by atoms with van der Waals surface area (Å²) in [5.74, 6) is 0.560. The molecule has 1 saturated carbocycles. The first-order chi connectivity index (χ1) is 17.2. The fraction of sp³-hybridized carbons (Fsp3) is 0.769. The number of carbonyl (C=O) groups excluding carboxylic acids is 2. The highest BCUT2D eigenvalue weighted by molar-refractivity contribution is 6.61. The standard InChI is InChI=1S/C26H42BN5O5/c1-17(30-23(34)35-24(2,3)4)21(33)31-13-9-10-20(16-31)32(19-11-12-19)22-28-14-18(15-29-22)27-36-25(5,6)26(7,8)37-27/h14-15,17,19-20H,9-13,16H2,1-8H3,(H,30,34)/t17-,20-/m0/s1. The Bertz CT molecular complexity index is 976. The number of likely N-dealkylation sites (tertiary alicyclic amines) is 1. The van der Waals surface area contributed by atoms with Gasteiger partial charge in [0.25, 0.3) is 0 Å². The monoisotopic (exact) mass is 515 g/mol. The van der Waals surface area contributed by atoms with Crippen molar-refractivity contribution in [1.29, 1.82) is 0 Å². The lowest BCUT2D eigenvalue weighted by molar-refractivity contribution is -0.134. The number of hydrogen-bond donors (Lipinski definition) is 1. The summed E-state index contributed by atoms with van der Waals surface area (Å²) in [7, 11) is -0.504. The minimum absolute atomic E-state index is 0.108. The van der Waals surface area contributed by atoms with E-state index in [0.29, 0.717) is 25.1 Å². The third-order valence-electron chi connectivity index (χ3n) is 7.56. The van der Waals surface area contributed by atoms with Gasteiger partial charge in [-0.1, -0.05) is 0 Å². The maximum absolute atomic E-state index is 13.2. The van der Waals surface area contributed by atoms with Gasteiger partial charge in [0.05, 0.1) is 11.2 Å². The summed E-state index contributed by atoms with van der Waals surface area (Å²) in [5.41, 5.74) is -0.680. The molecule has 4 rings (SSSR count). The van der Waals surface area contributed by atoms with Crippen molar-refractivity contribution in [3.05, 3.63) is 12.4 Å². The van der Waals surface area contributed by atoms with Crippen LogP contribution in [-0.2, 0) is 18.8 Å². The van der Waals surface area contributed by atoms with Crippen LogP contribution in [0.3, 0.4) is 0 Å². The number of hydrogen-bond acceptors (Lipinski definition) is 8. The van der Waals surface area contributed by atoms with E-state index in [1.54, 1.807) is 40.1 Å². The average molecular weight is 515 g/mol. The van der Waals surface area contributed by atoms with Gasteiger partial charge in [0.1, 0.15) is 11.6 Å². The summed E-state index contributed by atoms with van der Waals surface area (Å²) in [4.78, 5) is 38.9. The van der Waals surface area contributed by atoms with E-state index >= 15 is 0 Å². The molecule has 11 heteroatoms. The molecule has 1 aromatic rings. The number of carbonyl (C=O) groups is 2. The van der Waals surface area contributed by atoms with Crippen LogP contribution in [0.2, 0.25) is 0 Å². The number of aromatic nitrogens is 2. The number of nitrogens with one attached hydrogen (secondary N) is 1. The molecule has 10 nitrogen and oxygen atoms in total. The topological polar surface area (TPSA) is 106 Å². The molecule has 37 heavy (non-hydrogen) atoms. The quantitative estimate of drug-likeness (QED) is 0.577. The molecule has 0 radical (unpaired) electrons. The van der Waals surface area contributed by atoms with E-state index in [4.69, 9.17) is 24.0 Å². The van der Waals surface area contributed by atoms with E-state index in [1.807, 2.05) is 32.6 Å². The van der Waals surface area contributed by atoms with E-state index < -0.39 is 36.1 Å². The van der Waals surface area contributed by atoms with Crippen LogP contribution in [0.15, 0.2) is 12.4 Å². The highest BCUT2D eigenvalue weighted by Gasteiger charge is 2.52. The zero-order valence-electron chi connectivity index (χ0n) is 23.5. The number of anilines is 1. The van der Waals surface area contributed by atoms with Gasteiger partial charge in [-0.15, -0.1) is 0 Å². The van der Waals surface area contributed by atoms with Crippen molar-refractivity contribution < 1.29 is 23.6 Å². The zero-order chi connectivity index (χ0) is 27.2. The van der Waals surface area contributed by atoms with E-state index in [2.05, 4.69) is 10.2 Å². The molecule has 0 unspecified atom stereocenters. The van der Waals surface area contributed by atoms with E-state index in [1.165, 1.54) is 0 Å². The van der Waals surface area contributed by atoms with Gasteiger partial charge >= 0.3 is 13.2 Å². The van der Waals surface area contributed by atoms with Crippen molar-refractivity contribution in [2.45, 2.75) is 116 Å². The Morgan fingerprint density at radius 3 is 2.24 bits per heavy atom. The maximum Gasteiger partial charge on any atom is 0.498 e. The second-order valence-corrected chi connectivity index (χ2v) is 12.5. The molecule has 0 spiro atoms. The van der Waals surface area contributed by atoms with Gasteiger partial charge in [-0.05, 0) is 81.1 Å². The number of amides is 2. The number of nitrogens with zero attached hydrogens (tertiary/aromatic N) is 4. The fourth-order valence-corrected chi connectivity index (χ4v) is 4.74. The largest absolute Gasteiger partial charge is 0.498 e. The Morgan fingerprint density at radius 2 is 1.70 bits per heavy atom. The molecule has 3 aliphatic rings. The van der Waals surface area contributed by atoms with E-state index in [-0.39, 0.29) is 11.9 Å². The van der Waals surface area contributed by atoms with Gasteiger partial charge in [0.2, 0.25) is 11.9 Å². The van der Waals surface area contributed by atoms with Crippen molar-refractivity contribution in [2.24, 2.45) is 0 Å². The molecule has 0 aromatic carbocycles. The summed E-state index contributed by atoms with van der Waals surface area (Å²) in [5, 5.41) is 2.67. The van der Waals surface area contributed by atoms with E-state index in [0.717, 1.165) is 31.1 Å². The van der Waals surface area contributed by atoms with Gasteiger partial charge in [-0.2, -0.15) is 0 Å². The molecular weight excluding hydrogens is 473 g/mol. The first kappa shape index (κ1) is 27.6. The third-order valence-corrected chi connectivity index (χ3v) is 7.56. The Morgan fingerprint density at radius 1 is 1.11 bits per heavy atom. The van der Waals surface area contributed by atoms with Crippen molar-refractivity contribution in [1.82, 2.24) is 20.2 Å². The van der Waals surface area contributed by atoms with E-state index in [9.17, 15) is 9.59 Å². The Labute approximate surface area is 221 Å². The zero-order valence-corrected chi connectivity index (χ0v) is 23.5. The lowest BCUT2D eigenvalue weighted by Crippen LogP contribution is -2.55. The summed E-state index contributed by atoms with van der Waals surface area (Å²) in [6.45, 7) is 16.4. The first-order valence-electron chi connectivity index (χ1n) is 13.4. The molecule has 2 atom stereocenters. The van der Waals surface area contributed by atoms with Gasteiger partial charge in [0, 0.05) is 43.0 Å². The molecule has 204 valence electrons. The molecule has 2 amide bonds. The van der Waals surface area contributed by atoms with Crippen LogP contribution in [0, 0.1) is 0 Å². The molecule has 0 bridgehead atoms. The molecule has 3 heterocycles. The lowest BCUT2D eigenvalue weighted by atomic mass is 9.81. The predicted molar refractivity (Wildman–Crippen MR) is 142 cm³/mol. The normalized spacial score (nSPS) is 23.9. The van der Waals surface area contributed by atoms with Crippen LogP contribution in [0.1, 0.15) is 81.1 Å². The summed E-state index contributed by atoms with van der Waals surface area (Å²) < 4.78 is 17.6. The van der Waals surface area contributed by atoms with Crippen LogP contribution < -0.4 is 15.7 Å². The summed E-state index contributed by atoms with van der Waals surface area (Å²) in [6, 6.07) is -0.180. The van der Waals surface area contributed by atoms with Crippen molar-refractivity contribution in [3.63, 3.8) is 0 Å². The number of ether oxygens (including phenoxy) is 1.